The lowest BCUT2D eigenvalue weighted by Crippen LogP contribution is -1.85. The molecule has 0 aliphatic heterocycles. The number of benzene rings is 1. The molecule has 0 radical (unpaired) electrons. The van der Waals surface area contributed by atoms with Crippen molar-refractivity contribution in [1.29, 1.82) is 0 Å². The summed E-state index contributed by atoms with van der Waals surface area (Å²) in [4.78, 5) is 0. The maximum Gasteiger partial charge on any atom is 0.118 e. The van der Waals surface area contributed by atoms with E-state index in [2.05, 4.69) is 15.9 Å². The molecular formula is C11H13BrO2. The van der Waals surface area contributed by atoms with Gasteiger partial charge in [-0.05, 0) is 36.6 Å². The van der Waals surface area contributed by atoms with Gasteiger partial charge in [0.15, 0.2) is 0 Å². The number of allylic oxidation sites excluding steroid dienone is 1. The van der Waals surface area contributed by atoms with Crippen molar-refractivity contribution in [2.24, 2.45) is 0 Å². The molecule has 2 nitrogen and oxygen atoms in total. The van der Waals surface area contributed by atoms with Crippen LogP contribution in [0.25, 0.3) is 0 Å². The summed E-state index contributed by atoms with van der Waals surface area (Å²) in [6.45, 7) is 0.0739. The number of halogens is 1. The summed E-state index contributed by atoms with van der Waals surface area (Å²) in [5.74, 6) is 0.325. The number of rotatable bonds is 4. The summed E-state index contributed by atoms with van der Waals surface area (Å²) in [5.41, 5.74) is 0.918. The first-order chi connectivity index (χ1) is 6.74. The van der Waals surface area contributed by atoms with Gasteiger partial charge in [0.25, 0.3) is 0 Å². The molecule has 1 aromatic carbocycles. The Hall–Kier alpha value is -0.800. The van der Waals surface area contributed by atoms with Crippen molar-refractivity contribution in [3.05, 3.63) is 40.4 Å². The van der Waals surface area contributed by atoms with Crippen molar-refractivity contribution in [1.82, 2.24) is 0 Å². The molecule has 0 aromatic heterocycles. The SMILES string of the molecule is OC/C=C/CCc1cc(Br)ccc1O. The normalized spacial score (nSPS) is 11.0. The minimum Gasteiger partial charge on any atom is -0.508 e. The molecule has 0 bridgehead atoms. The zero-order valence-corrected chi connectivity index (χ0v) is 9.37. The number of hydrogen-bond acceptors (Lipinski definition) is 2. The average molecular weight is 257 g/mol. The molecular weight excluding hydrogens is 244 g/mol. The van der Waals surface area contributed by atoms with Crippen molar-refractivity contribution in [2.75, 3.05) is 6.61 Å². The highest BCUT2D eigenvalue weighted by atomic mass is 79.9. The first kappa shape index (κ1) is 11.3. The maximum atomic E-state index is 9.50. The second-order valence-electron chi connectivity index (χ2n) is 2.97. The molecule has 0 aliphatic rings. The molecule has 0 spiro atoms. The van der Waals surface area contributed by atoms with E-state index in [9.17, 15) is 5.11 Å². The summed E-state index contributed by atoms with van der Waals surface area (Å²) in [6, 6.07) is 5.39. The fraction of sp³-hybridized carbons (Fsp3) is 0.273. The van der Waals surface area contributed by atoms with Gasteiger partial charge in [-0.15, -0.1) is 0 Å². The van der Waals surface area contributed by atoms with Crippen LogP contribution in [-0.2, 0) is 6.42 Å². The van der Waals surface area contributed by atoms with Gasteiger partial charge in [-0.1, -0.05) is 28.1 Å². The molecule has 0 saturated carbocycles. The Morgan fingerprint density at radius 3 is 2.79 bits per heavy atom. The molecule has 0 aliphatic carbocycles. The zero-order valence-electron chi connectivity index (χ0n) is 7.78. The first-order valence-electron chi connectivity index (χ1n) is 4.47. The quantitative estimate of drug-likeness (QED) is 0.814. The van der Waals surface area contributed by atoms with Crippen LogP contribution < -0.4 is 0 Å². The molecule has 0 unspecified atom stereocenters. The number of aliphatic hydroxyl groups excluding tert-OH is 1. The smallest absolute Gasteiger partial charge is 0.118 e. The molecule has 3 heteroatoms. The van der Waals surface area contributed by atoms with Crippen molar-refractivity contribution >= 4 is 15.9 Å². The van der Waals surface area contributed by atoms with Crippen LogP contribution in [0.15, 0.2) is 34.8 Å². The predicted octanol–water partition coefficient (Wildman–Crippen LogP) is 2.64. The lowest BCUT2D eigenvalue weighted by Gasteiger charge is -2.02. The van der Waals surface area contributed by atoms with Crippen LogP contribution in [0.3, 0.4) is 0 Å². The number of aromatic hydroxyl groups is 1. The Morgan fingerprint density at radius 1 is 1.29 bits per heavy atom. The fourth-order valence-electron chi connectivity index (χ4n) is 1.19. The highest BCUT2D eigenvalue weighted by molar-refractivity contribution is 9.10. The second kappa shape index (κ2) is 5.83. The van der Waals surface area contributed by atoms with Crippen LogP contribution in [0.5, 0.6) is 5.75 Å². The van der Waals surface area contributed by atoms with Gasteiger partial charge in [0.05, 0.1) is 6.61 Å². The molecule has 0 saturated heterocycles. The van der Waals surface area contributed by atoms with Crippen LogP contribution in [0, 0.1) is 0 Å². The third-order valence-electron chi connectivity index (χ3n) is 1.89. The van der Waals surface area contributed by atoms with Gasteiger partial charge in [-0.25, -0.2) is 0 Å². The molecule has 2 N–H and O–H groups in total. The van der Waals surface area contributed by atoms with Gasteiger partial charge in [-0.3, -0.25) is 0 Å². The summed E-state index contributed by atoms with van der Waals surface area (Å²) >= 11 is 3.35. The Balaban J connectivity index is 2.57. The van der Waals surface area contributed by atoms with E-state index in [4.69, 9.17) is 5.11 Å². The van der Waals surface area contributed by atoms with E-state index in [-0.39, 0.29) is 6.61 Å². The molecule has 0 amide bonds. The van der Waals surface area contributed by atoms with Crippen LogP contribution >= 0.6 is 15.9 Å². The van der Waals surface area contributed by atoms with Crippen LogP contribution in [0.4, 0.5) is 0 Å². The number of phenols is 1. The number of phenolic OH excluding ortho intramolecular Hbond substituents is 1. The number of hydrogen-bond donors (Lipinski definition) is 2. The lowest BCUT2D eigenvalue weighted by atomic mass is 10.1. The van der Waals surface area contributed by atoms with E-state index in [1.807, 2.05) is 18.2 Å². The third kappa shape index (κ3) is 3.52. The van der Waals surface area contributed by atoms with Crippen molar-refractivity contribution in [3.63, 3.8) is 0 Å². The van der Waals surface area contributed by atoms with E-state index < -0.39 is 0 Å². The molecule has 76 valence electrons. The van der Waals surface area contributed by atoms with Crippen molar-refractivity contribution < 1.29 is 10.2 Å². The van der Waals surface area contributed by atoms with E-state index >= 15 is 0 Å². The molecule has 1 aromatic rings. The standard InChI is InChI=1S/C11H13BrO2/c12-10-5-6-11(14)9(8-10)4-2-1-3-7-13/h1,3,5-6,8,13-14H,2,4,7H2/b3-1+. The van der Waals surface area contributed by atoms with Gasteiger partial charge in [0.2, 0.25) is 0 Å². The molecule has 0 heterocycles. The highest BCUT2D eigenvalue weighted by Gasteiger charge is 1.99. The van der Waals surface area contributed by atoms with Gasteiger partial charge in [0.1, 0.15) is 5.75 Å². The van der Waals surface area contributed by atoms with E-state index in [0.29, 0.717) is 5.75 Å². The molecule has 0 fully saturated rings. The van der Waals surface area contributed by atoms with Crippen LogP contribution in [0.2, 0.25) is 0 Å². The lowest BCUT2D eigenvalue weighted by molar-refractivity contribution is 0.342. The van der Waals surface area contributed by atoms with Gasteiger partial charge < -0.3 is 10.2 Å². The minimum atomic E-state index is 0.0739. The first-order valence-corrected chi connectivity index (χ1v) is 5.26. The average Bonchev–Trinajstić information content (AvgIpc) is 2.18. The van der Waals surface area contributed by atoms with Gasteiger partial charge in [0, 0.05) is 4.47 Å². The summed E-state index contributed by atoms with van der Waals surface area (Å²) in [5, 5.41) is 18.0. The predicted molar refractivity (Wildman–Crippen MR) is 60.4 cm³/mol. The van der Waals surface area contributed by atoms with Crippen molar-refractivity contribution in [3.8, 4) is 5.75 Å². The summed E-state index contributed by atoms with van der Waals surface area (Å²) in [6.07, 6.45) is 5.21. The van der Waals surface area contributed by atoms with E-state index in [0.717, 1.165) is 22.9 Å². The highest BCUT2D eigenvalue weighted by Crippen LogP contribution is 2.22. The van der Waals surface area contributed by atoms with E-state index in [1.54, 1.807) is 12.1 Å². The fourth-order valence-corrected chi connectivity index (χ4v) is 1.59. The number of aliphatic hydroxyl groups is 1. The number of aryl methyl sites for hydroxylation is 1. The van der Waals surface area contributed by atoms with Gasteiger partial charge >= 0.3 is 0 Å². The third-order valence-corrected chi connectivity index (χ3v) is 2.39. The molecule has 14 heavy (non-hydrogen) atoms. The summed E-state index contributed by atoms with van der Waals surface area (Å²) in [7, 11) is 0. The van der Waals surface area contributed by atoms with Crippen molar-refractivity contribution in [2.45, 2.75) is 12.8 Å². The monoisotopic (exact) mass is 256 g/mol. The molecule has 0 atom stereocenters. The topological polar surface area (TPSA) is 40.5 Å². The van der Waals surface area contributed by atoms with Crippen LogP contribution in [0.1, 0.15) is 12.0 Å². The molecule has 1 rings (SSSR count). The largest absolute Gasteiger partial charge is 0.508 e. The van der Waals surface area contributed by atoms with E-state index in [1.165, 1.54) is 0 Å². The summed E-state index contributed by atoms with van der Waals surface area (Å²) < 4.78 is 0.969. The Kier molecular flexibility index (Phi) is 4.70. The Morgan fingerprint density at radius 2 is 2.07 bits per heavy atom. The second-order valence-corrected chi connectivity index (χ2v) is 3.88. The zero-order chi connectivity index (χ0) is 10.4. The Bertz CT molecular complexity index is 321. The maximum absolute atomic E-state index is 9.50. The van der Waals surface area contributed by atoms with Crippen LogP contribution in [-0.4, -0.2) is 16.8 Å². The van der Waals surface area contributed by atoms with Gasteiger partial charge in [-0.2, -0.15) is 0 Å². The Labute approximate surface area is 92.0 Å². The minimum absolute atomic E-state index is 0.0739.